The summed E-state index contributed by atoms with van der Waals surface area (Å²) in [4.78, 5) is 30.1. The first kappa shape index (κ1) is 19.9. The fraction of sp³-hybridized carbons (Fsp3) is 0.160. The van der Waals surface area contributed by atoms with Gasteiger partial charge in [-0.1, -0.05) is 30.3 Å². The number of morpholine rings is 1. The maximum Gasteiger partial charge on any atom is 0.278 e. The average Bonchev–Trinajstić information content (AvgIpc) is 3.23. The van der Waals surface area contributed by atoms with E-state index in [0.29, 0.717) is 37.1 Å². The quantitative estimate of drug-likeness (QED) is 0.293. The first-order valence-electron chi connectivity index (χ1n) is 10.7. The Kier molecular flexibility index (Phi) is 4.63. The van der Waals surface area contributed by atoms with Gasteiger partial charge < -0.3 is 14.6 Å². The van der Waals surface area contributed by atoms with Crippen LogP contribution in [0.15, 0.2) is 65.5 Å². The number of non-ortho nitro benzene ring substituents is 1. The first-order chi connectivity index (χ1) is 16.1. The van der Waals surface area contributed by atoms with E-state index in [1.165, 1.54) is 11.3 Å². The van der Waals surface area contributed by atoms with Gasteiger partial charge in [-0.3, -0.25) is 14.9 Å². The number of rotatable bonds is 3. The van der Waals surface area contributed by atoms with Crippen molar-refractivity contribution in [3.63, 3.8) is 0 Å². The molecule has 0 amide bonds. The van der Waals surface area contributed by atoms with Crippen molar-refractivity contribution in [2.45, 2.75) is 0 Å². The van der Waals surface area contributed by atoms with Gasteiger partial charge in [-0.25, -0.2) is 0 Å². The van der Waals surface area contributed by atoms with Gasteiger partial charge in [0.25, 0.3) is 5.69 Å². The van der Waals surface area contributed by atoms with E-state index in [9.17, 15) is 14.9 Å². The predicted molar refractivity (Wildman–Crippen MR) is 133 cm³/mol. The summed E-state index contributed by atoms with van der Waals surface area (Å²) in [5.74, 6) is 0.762. The molecule has 1 saturated heterocycles. The second-order valence-corrected chi connectivity index (χ2v) is 9.09. The molecular weight excluding hydrogens is 438 g/mol. The number of hydrogen-bond donors (Lipinski definition) is 1. The molecule has 5 aromatic rings. The molecule has 7 nitrogen and oxygen atoms in total. The Labute approximate surface area is 192 Å². The molecule has 0 bridgehead atoms. The summed E-state index contributed by atoms with van der Waals surface area (Å²) in [5.41, 5.74) is 2.50. The van der Waals surface area contributed by atoms with Crippen LogP contribution in [0.2, 0.25) is 0 Å². The Morgan fingerprint density at radius 1 is 0.970 bits per heavy atom. The van der Waals surface area contributed by atoms with E-state index in [2.05, 4.69) is 9.88 Å². The zero-order valence-corrected chi connectivity index (χ0v) is 18.4. The third kappa shape index (κ3) is 3.18. The molecular formula is C25H19N3O4S. The number of nitrogens with zero attached hydrogens (tertiary/aromatic N) is 2. The number of ether oxygens (including phenoxy) is 1. The van der Waals surface area contributed by atoms with Gasteiger partial charge in [0.15, 0.2) is 5.43 Å². The Bertz CT molecular complexity index is 1620. The highest BCUT2D eigenvalue weighted by atomic mass is 32.1. The number of thiophene rings is 1. The molecule has 0 unspecified atom stereocenters. The number of nitro groups is 1. The lowest BCUT2D eigenvalue weighted by atomic mass is 9.99. The van der Waals surface area contributed by atoms with Crippen molar-refractivity contribution >= 4 is 53.9 Å². The first-order valence-corrected chi connectivity index (χ1v) is 11.5. The normalized spacial score (nSPS) is 14.4. The molecule has 6 rings (SSSR count). The minimum atomic E-state index is -0.327. The van der Waals surface area contributed by atoms with Gasteiger partial charge in [-0.2, -0.15) is 0 Å². The second-order valence-electron chi connectivity index (χ2n) is 8.04. The fourth-order valence-corrected chi connectivity index (χ4v) is 5.88. The SMILES string of the molecule is O=c1cc(N2CCOCC2)[nH]c2c(-c3ccc([N+](=O)[O-])c4c3sc3ccccc34)cccc12. The minimum Gasteiger partial charge on any atom is -0.378 e. The molecule has 164 valence electrons. The third-order valence-electron chi connectivity index (χ3n) is 6.19. The van der Waals surface area contributed by atoms with Crippen molar-refractivity contribution < 1.29 is 9.66 Å². The molecule has 1 aliphatic heterocycles. The molecule has 0 saturated carbocycles. The number of benzene rings is 3. The largest absolute Gasteiger partial charge is 0.378 e. The van der Waals surface area contributed by atoms with E-state index in [4.69, 9.17) is 4.74 Å². The number of aromatic nitrogens is 1. The summed E-state index contributed by atoms with van der Waals surface area (Å²) in [6.45, 7) is 2.66. The number of para-hydroxylation sites is 1. The Balaban J connectivity index is 1.66. The van der Waals surface area contributed by atoms with Gasteiger partial charge in [0.1, 0.15) is 5.82 Å². The maximum absolute atomic E-state index is 13.0. The van der Waals surface area contributed by atoms with E-state index >= 15 is 0 Å². The highest BCUT2D eigenvalue weighted by Crippen LogP contribution is 2.45. The highest BCUT2D eigenvalue weighted by Gasteiger charge is 2.22. The van der Waals surface area contributed by atoms with Gasteiger partial charge in [-0.15, -0.1) is 11.3 Å². The summed E-state index contributed by atoms with van der Waals surface area (Å²) in [6.07, 6.45) is 0. The zero-order chi connectivity index (χ0) is 22.5. The number of nitrogens with one attached hydrogen (secondary N) is 1. The van der Waals surface area contributed by atoms with Crippen molar-refractivity contribution in [3.05, 3.63) is 81.0 Å². The summed E-state index contributed by atoms with van der Waals surface area (Å²) < 4.78 is 7.29. The van der Waals surface area contributed by atoms with Crippen LogP contribution in [0.4, 0.5) is 11.5 Å². The molecule has 0 atom stereocenters. The average molecular weight is 458 g/mol. The van der Waals surface area contributed by atoms with Gasteiger partial charge in [0.05, 0.1) is 33.7 Å². The molecule has 8 heteroatoms. The zero-order valence-electron chi connectivity index (χ0n) is 17.5. The Hall–Kier alpha value is -3.75. The standard InChI is InChI=1S/C25H19N3O4S/c29-20-14-22(27-10-12-32-13-11-27)26-24-15(5-3-6-17(20)24)16-8-9-19(28(30)31)23-18-4-1-2-7-21(18)33-25(16)23/h1-9,14H,10-13H2,(H,26,29). The lowest BCUT2D eigenvalue weighted by Gasteiger charge is -2.28. The van der Waals surface area contributed by atoms with Crippen LogP contribution < -0.4 is 10.3 Å². The fourth-order valence-electron chi connectivity index (χ4n) is 4.63. The maximum atomic E-state index is 13.0. The lowest BCUT2D eigenvalue weighted by Crippen LogP contribution is -2.37. The smallest absolute Gasteiger partial charge is 0.278 e. The number of anilines is 1. The molecule has 0 aliphatic carbocycles. The van der Waals surface area contributed by atoms with Gasteiger partial charge in [0, 0.05) is 51.8 Å². The molecule has 3 aromatic carbocycles. The molecule has 1 fully saturated rings. The van der Waals surface area contributed by atoms with Crippen molar-refractivity contribution in [2.75, 3.05) is 31.2 Å². The topological polar surface area (TPSA) is 88.5 Å². The van der Waals surface area contributed by atoms with E-state index in [-0.39, 0.29) is 16.0 Å². The third-order valence-corrected chi connectivity index (χ3v) is 7.40. The molecule has 1 N–H and O–H groups in total. The summed E-state index contributed by atoms with van der Waals surface area (Å²) in [7, 11) is 0. The van der Waals surface area contributed by atoms with Crippen LogP contribution >= 0.6 is 11.3 Å². The van der Waals surface area contributed by atoms with Crippen molar-refractivity contribution in [3.8, 4) is 11.1 Å². The van der Waals surface area contributed by atoms with Crippen LogP contribution in [0.1, 0.15) is 0 Å². The van der Waals surface area contributed by atoms with Crippen LogP contribution in [0.25, 0.3) is 42.2 Å². The van der Waals surface area contributed by atoms with E-state index in [1.807, 2.05) is 42.5 Å². The number of hydrogen-bond acceptors (Lipinski definition) is 6. The summed E-state index contributed by atoms with van der Waals surface area (Å²) >= 11 is 1.54. The molecule has 33 heavy (non-hydrogen) atoms. The van der Waals surface area contributed by atoms with Crippen LogP contribution in [0, 0.1) is 10.1 Å². The van der Waals surface area contributed by atoms with Crippen LogP contribution in [-0.2, 0) is 4.74 Å². The van der Waals surface area contributed by atoms with E-state index in [1.54, 1.807) is 18.2 Å². The molecule has 0 spiro atoms. The number of aromatic amines is 1. The number of H-pyrrole nitrogens is 1. The van der Waals surface area contributed by atoms with Gasteiger partial charge >= 0.3 is 0 Å². The van der Waals surface area contributed by atoms with Crippen LogP contribution in [0.3, 0.4) is 0 Å². The summed E-state index contributed by atoms with van der Waals surface area (Å²) in [5, 5.41) is 13.9. The van der Waals surface area contributed by atoms with Crippen molar-refractivity contribution in [2.24, 2.45) is 0 Å². The Morgan fingerprint density at radius 2 is 1.76 bits per heavy atom. The monoisotopic (exact) mass is 457 g/mol. The number of fused-ring (bicyclic) bond motifs is 4. The lowest BCUT2D eigenvalue weighted by molar-refractivity contribution is -0.383. The Morgan fingerprint density at radius 3 is 2.58 bits per heavy atom. The highest BCUT2D eigenvalue weighted by molar-refractivity contribution is 7.26. The van der Waals surface area contributed by atoms with E-state index in [0.717, 1.165) is 37.2 Å². The molecule has 3 heterocycles. The van der Waals surface area contributed by atoms with Crippen molar-refractivity contribution in [1.29, 1.82) is 0 Å². The van der Waals surface area contributed by atoms with Gasteiger partial charge in [-0.05, 0) is 18.2 Å². The molecule has 2 aromatic heterocycles. The molecule has 1 aliphatic rings. The van der Waals surface area contributed by atoms with E-state index < -0.39 is 0 Å². The van der Waals surface area contributed by atoms with Crippen LogP contribution in [0.5, 0.6) is 0 Å². The summed E-state index contributed by atoms with van der Waals surface area (Å²) in [6, 6.07) is 18.4. The van der Waals surface area contributed by atoms with Gasteiger partial charge in [0.2, 0.25) is 0 Å². The second kappa shape index (κ2) is 7.68. The number of nitro benzene ring substituents is 1. The predicted octanol–water partition coefficient (Wildman–Crippen LogP) is 5.31. The minimum absolute atomic E-state index is 0.0541. The number of pyridine rings is 1. The van der Waals surface area contributed by atoms with Crippen molar-refractivity contribution in [1.82, 2.24) is 4.98 Å². The molecule has 0 radical (unpaired) electrons. The van der Waals surface area contributed by atoms with Crippen LogP contribution in [-0.4, -0.2) is 36.2 Å².